The minimum atomic E-state index is -0.509. The predicted octanol–water partition coefficient (Wildman–Crippen LogP) is 1.82. The van der Waals surface area contributed by atoms with E-state index < -0.39 is 5.54 Å². The Morgan fingerprint density at radius 2 is 2.00 bits per heavy atom. The molecular weight excluding hydrogens is 214 g/mol. The first-order valence-electron chi connectivity index (χ1n) is 5.45. The summed E-state index contributed by atoms with van der Waals surface area (Å²) in [6, 6.07) is 9.29. The molecule has 1 amide bonds. The highest BCUT2D eigenvalue weighted by molar-refractivity contribution is 5.91. The second kappa shape index (κ2) is 5.46. The molecule has 0 fully saturated rings. The van der Waals surface area contributed by atoms with Crippen molar-refractivity contribution in [1.29, 1.82) is 5.26 Å². The van der Waals surface area contributed by atoms with Gasteiger partial charge in [-0.25, -0.2) is 0 Å². The van der Waals surface area contributed by atoms with Crippen molar-refractivity contribution >= 4 is 11.6 Å². The van der Waals surface area contributed by atoms with Crippen LogP contribution in [-0.2, 0) is 11.2 Å². The Labute approximate surface area is 101 Å². The summed E-state index contributed by atoms with van der Waals surface area (Å²) in [6.07, 6.45) is 0.650. The lowest BCUT2D eigenvalue weighted by Crippen LogP contribution is -2.36. The van der Waals surface area contributed by atoms with Crippen molar-refractivity contribution in [3.05, 3.63) is 29.8 Å². The Hall–Kier alpha value is -1.86. The average molecular weight is 231 g/mol. The van der Waals surface area contributed by atoms with Crippen LogP contribution in [0.1, 0.15) is 25.8 Å². The molecule has 0 aliphatic heterocycles. The Morgan fingerprint density at radius 1 is 1.41 bits per heavy atom. The van der Waals surface area contributed by atoms with Gasteiger partial charge in [-0.15, -0.1) is 0 Å². The van der Waals surface area contributed by atoms with E-state index >= 15 is 0 Å². The predicted molar refractivity (Wildman–Crippen MR) is 67.3 cm³/mol. The number of nitriles is 1. The van der Waals surface area contributed by atoms with E-state index in [9.17, 15) is 4.79 Å². The Kier molecular flexibility index (Phi) is 4.24. The van der Waals surface area contributed by atoms with E-state index in [0.29, 0.717) is 6.42 Å². The molecule has 90 valence electrons. The highest BCUT2D eigenvalue weighted by Gasteiger charge is 2.16. The smallest absolute Gasteiger partial charge is 0.226 e. The molecule has 0 heterocycles. The average Bonchev–Trinajstić information content (AvgIpc) is 2.18. The van der Waals surface area contributed by atoms with Crippen LogP contribution in [-0.4, -0.2) is 11.4 Å². The molecule has 3 N–H and O–H groups in total. The molecule has 0 atom stereocenters. The fourth-order valence-electron chi connectivity index (χ4n) is 1.42. The van der Waals surface area contributed by atoms with Crippen LogP contribution in [0, 0.1) is 11.3 Å². The summed E-state index contributed by atoms with van der Waals surface area (Å²) in [7, 11) is 0. The number of carbonyl (C=O) groups excluding carboxylic acids is 1. The molecule has 4 heteroatoms. The molecule has 4 nitrogen and oxygen atoms in total. The number of amides is 1. The van der Waals surface area contributed by atoms with Gasteiger partial charge in [0.1, 0.15) is 0 Å². The summed E-state index contributed by atoms with van der Waals surface area (Å²) in [6.45, 7) is 3.62. The number of benzene rings is 1. The Balaban J connectivity index is 2.58. The van der Waals surface area contributed by atoms with Gasteiger partial charge in [-0.05, 0) is 31.5 Å². The minimum Gasteiger partial charge on any atom is -0.326 e. The molecule has 1 aromatic carbocycles. The van der Waals surface area contributed by atoms with Gasteiger partial charge < -0.3 is 11.1 Å². The first kappa shape index (κ1) is 13.2. The van der Waals surface area contributed by atoms with E-state index in [4.69, 9.17) is 11.0 Å². The number of rotatable bonds is 4. The zero-order chi connectivity index (χ0) is 12.9. The van der Waals surface area contributed by atoms with Gasteiger partial charge in [-0.1, -0.05) is 12.1 Å². The van der Waals surface area contributed by atoms with E-state index in [1.165, 1.54) is 0 Å². The quantitative estimate of drug-likeness (QED) is 0.829. The third kappa shape index (κ3) is 5.14. The largest absolute Gasteiger partial charge is 0.326 e. The number of hydrogen-bond donors (Lipinski definition) is 2. The van der Waals surface area contributed by atoms with Crippen LogP contribution in [0.25, 0.3) is 0 Å². The molecule has 0 bridgehead atoms. The van der Waals surface area contributed by atoms with Gasteiger partial charge in [0.05, 0.1) is 12.5 Å². The van der Waals surface area contributed by atoms with E-state index in [2.05, 4.69) is 11.4 Å². The lowest BCUT2D eigenvalue weighted by atomic mass is 10.0. The van der Waals surface area contributed by atoms with Crippen molar-refractivity contribution in [2.24, 2.45) is 5.73 Å². The van der Waals surface area contributed by atoms with E-state index in [0.717, 1.165) is 11.3 Å². The third-order valence-electron chi connectivity index (χ3n) is 2.14. The van der Waals surface area contributed by atoms with Gasteiger partial charge in [0.15, 0.2) is 0 Å². The maximum atomic E-state index is 11.6. The zero-order valence-electron chi connectivity index (χ0n) is 10.2. The number of nitrogens with zero attached hydrogens (tertiary/aromatic N) is 1. The molecule has 0 aromatic heterocycles. The Morgan fingerprint density at radius 3 is 2.47 bits per heavy atom. The number of carbonyl (C=O) groups is 1. The summed E-state index contributed by atoms with van der Waals surface area (Å²) in [5, 5.41) is 11.3. The standard InChI is InChI=1S/C13H17N3O/c1-13(2,15)9-12(17)16-11-5-3-10(4-6-11)7-8-14/h3-6H,7,9,15H2,1-2H3,(H,16,17). The van der Waals surface area contributed by atoms with Crippen molar-refractivity contribution in [3.8, 4) is 6.07 Å². The van der Waals surface area contributed by atoms with Gasteiger partial charge >= 0.3 is 0 Å². The summed E-state index contributed by atoms with van der Waals surface area (Å²) in [5.41, 5.74) is 6.91. The molecular formula is C13H17N3O. The maximum absolute atomic E-state index is 11.6. The zero-order valence-corrected chi connectivity index (χ0v) is 10.2. The van der Waals surface area contributed by atoms with Crippen LogP contribution in [0.2, 0.25) is 0 Å². The van der Waals surface area contributed by atoms with E-state index in [1.54, 1.807) is 12.1 Å². The second-order valence-corrected chi connectivity index (χ2v) is 4.75. The number of hydrogen-bond acceptors (Lipinski definition) is 3. The minimum absolute atomic E-state index is 0.106. The van der Waals surface area contributed by atoms with Crippen LogP contribution < -0.4 is 11.1 Å². The van der Waals surface area contributed by atoms with Crippen molar-refractivity contribution in [3.63, 3.8) is 0 Å². The molecule has 0 aliphatic rings. The molecule has 0 aliphatic carbocycles. The third-order valence-corrected chi connectivity index (χ3v) is 2.14. The molecule has 1 rings (SSSR count). The van der Waals surface area contributed by atoms with Crippen molar-refractivity contribution in [2.45, 2.75) is 32.2 Å². The molecule has 0 spiro atoms. The highest BCUT2D eigenvalue weighted by atomic mass is 16.1. The van der Waals surface area contributed by atoms with Crippen LogP contribution >= 0.6 is 0 Å². The van der Waals surface area contributed by atoms with Gasteiger partial charge in [0.2, 0.25) is 5.91 Å². The summed E-state index contributed by atoms with van der Waals surface area (Å²) in [4.78, 5) is 11.6. The lowest BCUT2D eigenvalue weighted by molar-refractivity contribution is -0.117. The Bertz CT molecular complexity index is 423. The molecule has 17 heavy (non-hydrogen) atoms. The summed E-state index contributed by atoms with van der Waals surface area (Å²) < 4.78 is 0. The van der Waals surface area contributed by atoms with Gasteiger partial charge in [-0.3, -0.25) is 4.79 Å². The van der Waals surface area contributed by atoms with Gasteiger partial charge in [0.25, 0.3) is 0 Å². The maximum Gasteiger partial charge on any atom is 0.226 e. The summed E-state index contributed by atoms with van der Waals surface area (Å²) >= 11 is 0. The molecule has 0 saturated carbocycles. The lowest BCUT2D eigenvalue weighted by Gasteiger charge is -2.17. The van der Waals surface area contributed by atoms with Gasteiger partial charge in [0, 0.05) is 17.6 Å². The normalized spacial score (nSPS) is 10.7. The van der Waals surface area contributed by atoms with Crippen LogP contribution in [0.4, 0.5) is 5.69 Å². The van der Waals surface area contributed by atoms with E-state index in [-0.39, 0.29) is 12.3 Å². The summed E-state index contributed by atoms with van der Waals surface area (Å²) in [5.74, 6) is -0.106. The van der Waals surface area contributed by atoms with E-state index in [1.807, 2.05) is 26.0 Å². The fraction of sp³-hybridized carbons (Fsp3) is 0.385. The van der Waals surface area contributed by atoms with Crippen LogP contribution in [0.3, 0.4) is 0 Å². The first-order valence-corrected chi connectivity index (χ1v) is 5.45. The van der Waals surface area contributed by atoms with Crippen molar-refractivity contribution in [2.75, 3.05) is 5.32 Å². The highest BCUT2D eigenvalue weighted by Crippen LogP contribution is 2.12. The topological polar surface area (TPSA) is 78.9 Å². The molecule has 0 unspecified atom stereocenters. The molecule has 1 aromatic rings. The number of anilines is 1. The molecule has 0 radical (unpaired) electrons. The second-order valence-electron chi connectivity index (χ2n) is 4.75. The van der Waals surface area contributed by atoms with Crippen molar-refractivity contribution in [1.82, 2.24) is 0 Å². The van der Waals surface area contributed by atoms with Crippen LogP contribution in [0.5, 0.6) is 0 Å². The first-order chi connectivity index (χ1) is 7.90. The fourth-order valence-corrected chi connectivity index (χ4v) is 1.42. The monoisotopic (exact) mass is 231 g/mol. The SMILES string of the molecule is CC(C)(N)CC(=O)Nc1ccc(CC#N)cc1. The van der Waals surface area contributed by atoms with Crippen LogP contribution in [0.15, 0.2) is 24.3 Å². The van der Waals surface area contributed by atoms with Crippen molar-refractivity contribution < 1.29 is 4.79 Å². The molecule has 0 saturated heterocycles. The number of nitrogens with two attached hydrogens (primary N) is 1. The van der Waals surface area contributed by atoms with Gasteiger partial charge in [-0.2, -0.15) is 5.26 Å². The number of nitrogens with one attached hydrogen (secondary N) is 1.